The number of anilines is 3. The summed E-state index contributed by atoms with van der Waals surface area (Å²) in [4.78, 5) is 2.42. The molecular formula is C64H42N2S. The lowest BCUT2D eigenvalue weighted by Crippen LogP contribution is -2.11. The molecule has 67 heavy (non-hydrogen) atoms. The minimum atomic E-state index is 1.09. The van der Waals surface area contributed by atoms with Gasteiger partial charge in [0, 0.05) is 59.1 Å². The van der Waals surface area contributed by atoms with Crippen LogP contribution in [0.3, 0.4) is 0 Å². The first-order valence-electron chi connectivity index (χ1n) is 22.9. The lowest BCUT2D eigenvalue weighted by atomic mass is 9.96. The average Bonchev–Trinajstić information content (AvgIpc) is 3.96. The summed E-state index contributed by atoms with van der Waals surface area (Å²) in [5.41, 5.74) is 16.5. The van der Waals surface area contributed by atoms with Crippen molar-refractivity contribution in [3.63, 3.8) is 0 Å². The maximum Gasteiger partial charge on any atom is 0.0541 e. The monoisotopic (exact) mass is 870 g/mol. The predicted molar refractivity (Wildman–Crippen MR) is 288 cm³/mol. The second kappa shape index (κ2) is 16.2. The molecule has 0 aliphatic carbocycles. The Morgan fingerprint density at radius 3 is 1.54 bits per heavy atom. The van der Waals surface area contributed by atoms with Crippen LogP contribution in [0.1, 0.15) is 0 Å². The van der Waals surface area contributed by atoms with Crippen LogP contribution in [-0.4, -0.2) is 4.57 Å². The normalized spacial score (nSPS) is 11.6. The highest BCUT2D eigenvalue weighted by molar-refractivity contribution is 7.26. The van der Waals surface area contributed by atoms with Gasteiger partial charge in [0.2, 0.25) is 0 Å². The number of aromatic nitrogens is 1. The lowest BCUT2D eigenvalue weighted by molar-refractivity contribution is 1.18. The van der Waals surface area contributed by atoms with Crippen LogP contribution in [0.5, 0.6) is 0 Å². The zero-order valence-corrected chi connectivity index (χ0v) is 37.4. The molecule has 2 heterocycles. The topological polar surface area (TPSA) is 8.17 Å². The quantitative estimate of drug-likeness (QED) is 0.148. The van der Waals surface area contributed by atoms with Gasteiger partial charge < -0.3 is 9.47 Å². The number of hydrogen-bond donors (Lipinski definition) is 0. The molecule has 0 saturated heterocycles. The lowest BCUT2D eigenvalue weighted by Gasteiger charge is -2.28. The Morgan fingerprint density at radius 1 is 0.313 bits per heavy atom. The van der Waals surface area contributed by atoms with E-state index < -0.39 is 0 Å². The van der Waals surface area contributed by atoms with E-state index in [1.165, 1.54) is 91.7 Å². The highest BCUT2D eigenvalue weighted by Crippen LogP contribution is 2.46. The molecule has 0 spiro atoms. The van der Waals surface area contributed by atoms with Gasteiger partial charge in [0.15, 0.2) is 0 Å². The molecule has 0 bridgehead atoms. The summed E-state index contributed by atoms with van der Waals surface area (Å²) >= 11 is 1.87. The Balaban J connectivity index is 0.903. The fraction of sp³-hybridized carbons (Fsp3) is 0. The van der Waals surface area contributed by atoms with Gasteiger partial charge >= 0.3 is 0 Å². The molecule has 0 fully saturated rings. The summed E-state index contributed by atoms with van der Waals surface area (Å²) in [7, 11) is 0. The van der Waals surface area contributed by atoms with E-state index in [-0.39, 0.29) is 0 Å². The van der Waals surface area contributed by atoms with Crippen LogP contribution < -0.4 is 4.90 Å². The van der Waals surface area contributed by atoms with Crippen LogP contribution in [0.4, 0.5) is 17.1 Å². The van der Waals surface area contributed by atoms with E-state index in [4.69, 9.17) is 0 Å². The molecule has 2 nitrogen and oxygen atoms in total. The van der Waals surface area contributed by atoms with E-state index in [9.17, 15) is 0 Å². The molecule has 3 heteroatoms. The van der Waals surface area contributed by atoms with Gasteiger partial charge in [-0.25, -0.2) is 0 Å². The summed E-state index contributed by atoms with van der Waals surface area (Å²) in [5, 5.41) is 7.65. The van der Waals surface area contributed by atoms with E-state index in [1.54, 1.807) is 0 Å². The first-order valence-corrected chi connectivity index (χ1v) is 23.7. The number of benzene rings is 11. The standard InChI is InChI=1S/C64H42N2S/c1-2-18-52-46(14-1)15-12-23-53(52)47-32-30-43(31-33-47)44-34-38-49(39-35-44)65(60-26-7-5-21-56(60)58-24-13-25-59-57-22-6-10-29-63(57)67-64(58)59)50-40-36-45(37-41-50)48-16-11-17-51(42-48)66-61-27-8-3-19-54(61)55-20-4-9-28-62(55)66/h1-42H. The van der Waals surface area contributed by atoms with Crippen LogP contribution in [0, 0.1) is 0 Å². The van der Waals surface area contributed by atoms with Crippen LogP contribution in [0.25, 0.3) is 103 Å². The van der Waals surface area contributed by atoms with Crippen molar-refractivity contribution >= 4 is 81.1 Å². The average molecular weight is 871 g/mol. The highest BCUT2D eigenvalue weighted by atomic mass is 32.1. The van der Waals surface area contributed by atoms with Crippen LogP contribution in [0.2, 0.25) is 0 Å². The number of fused-ring (bicyclic) bond motifs is 7. The second-order valence-electron chi connectivity index (χ2n) is 17.3. The largest absolute Gasteiger partial charge is 0.310 e. The Hall–Kier alpha value is -8.50. The maximum atomic E-state index is 2.42. The fourth-order valence-electron chi connectivity index (χ4n) is 10.2. The zero-order chi connectivity index (χ0) is 44.3. The minimum absolute atomic E-state index is 1.09. The molecule has 0 aliphatic heterocycles. The van der Waals surface area contributed by atoms with Crippen molar-refractivity contribution in [2.24, 2.45) is 0 Å². The zero-order valence-electron chi connectivity index (χ0n) is 36.6. The molecule has 0 aliphatic rings. The Bertz CT molecular complexity index is 3910. The fourth-order valence-corrected chi connectivity index (χ4v) is 11.5. The smallest absolute Gasteiger partial charge is 0.0541 e. The third-order valence-electron chi connectivity index (χ3n) is 13.4. The minimum Gasteiger partial charge on any atom is -0.310 e. The van der Waals surface area contributed by atoms with Gasteiger partial charge in [-0.2, -0.15) is 0 Å². The van der Waals surface area contributed by atoms with E-state index in [0.717, 1.165) is 28.3 Å². The van der Waals surface area contributed by atoms with Gasteiger partial charge in [-0.1, -0.05) is 194 Å². The van der Waals surface area contributed by atoms with E-state index in [1.807, 2.05) is 11.3 Å². The van der Waals surface area contributed by atoms with E-state index in [2.05, 4.69) is 264 Å². The molecule has 0 unspecified atom stereocenters. The molecule has 0 amide bonds. The van der Waals surface area contributed by atoms with Crippen molar-refractivity contribution in [2.45, 2.75) is 0 Å². The van der Waals surface area contributed by atoms with E-state index in [0.29, 0.717) is 0 Å². The molecule has 0 saturated carbocycles. The SMILES string of the molecule is c1cc(-c2ccc(N(c3ccc(-c4ccc(-c5cccc6ccccc56)cc4)cc3)c3ccccc3-c3cccc4c3sc3ccccc34)cc2)cc(-n2c3ccccc3c3ccccc32)c1. The Labute approximate surface area is 393 Å². The van der Waals surface area contributed by atoms with Crippen molar-refractivity contribution in [3.8, 4) is 50.2 Å². The molecule has 13 aromatic rings. The highest BCUT2D eigenvalue weighted by Gasteiger charge is 2.20. The molecule has 314 valence electrons. The number of thiophene rings is 1. The summed E-state index contributed by atoms with van der Waals surface area (Å²) in [6, 6.07) is 93.1. The number of hydrogen-bond acceptors (Lipinski definition) is 2. The summed E-state index contributed by atoms with van der Waals surface area (Å²) in [6.45, 7) is 0. The Kier molecular flexibility index (Phi) is 9.40. The predicted octanol–water partition coefficient (Wildman–Crippen LogP) is 18.4. The molecule has 0 N–H and O–H groups in total. The summed E-state index contributed by atoms with van der Waals surface area (Å²) < 4.78 is 5.00. The van der Waals surface area contributed by atoms with Crippen LogP contribution in [0.15, 0.2) is 255 Å². The molecular weight excluding hydrogens is 829 g/mol. The molecule has 13 rings (SSSR count). The van der Waals surface area contributed by atoms with Crippen molar-refractivity contribution in [1.82, 2.24) is 4.57 Å². The third kappa shape index (κ3) is 6.71. The first kappa shape index (κ1) is 38.9. The molecule has 0 atom stereocenters. The molecule has 11 aromatic carbocycles. The Morgan fingerprint density at radius 2 is 0.806 bits per heavy atom. The first-order chi connectivity index (χ1) is 33.2. The van der Waals surface area contributed by atoms with Crippen molar-refractivity contribution in [3.05, 3.63) is 255 Å². The third-order valence-corrected chi connectivity index (χ3v) is 14.6. The van der Waals surface area contributed by atoms with Crippen molar-refractivity contribution < 1.29 is 0 Å². The summed E-state index contributed by atoms with van der Waals surface area (Å²) in [6.07, 6.45) is 0. The van der Waals surface area contributed by atoms with Gasteiger partial charge in [-0.3, -0.25) is 0 Å². The van der Waals surface area contributed by atoms with Gasteiger partial charge in [-0.15, -0.1) is 11.3 Å². The maximum absolute atomic E-state index is 2.42. The van der Waals surface area contributed by atoms with Crippen molar-refractivity contribution in [1.29, 1.82) is 0 Å². The summed E-state index contributed by atoms with van der Waals surface area (Å²) in [5.74, 6) is 0. The second-order valence-corrected chi connectivity index (χ2v) is 18.3. The van der Waals surface area contributed by atoms with Gasteiger partial charge in [0.1, 0.15) is 0 Å². The van der Waals surface area contributed by atoms with Crippen LogP contribution in [-0.2, 0) is 0 Å². The van der Waals surface area contributed by atoms with Gasteiger partial charge in [-0.05, 0) is 105 Å². The van der Waals surface area contributed by atoms with E-state index >= 15 is 0 Å². The van der Waals surface area contributed by atoms with Crippen LogP contribution >= 0.6 is 11.3 Å². The number of nitrogens with zero attached hydrogens (tertiary/aromatic N) is 2. The van der Waals surface area contributed by atoms with Crippen molar-refractivity contribution in [2.75, 3.05) is 4.90 Å². The van der Waals surface area contributed by atoms with Gasteiger partial charge in [0.25, 0.3) is 0 Å². The van der Waals surface area contributed by atoms with Gasteiger partial charge in [0.05, 0.1) is 16.7 Å². The number of rotatable bonds is 8. The molecule has 0 radical (unpaired) electrons. The molecule has 2 aromatic heterocycles. The number of para-hydroxylation sites is 3.